The summed E-state index contributed by atoms with van der Waals surface area (Å²) in [6.07, 6.45) is 0. The number of phenolic OH excluding ortho intramolecular Hbond substituents is 2. The van der Waals surface area contributed by atoms with Crippen LogP contribution in [0.3, 0.4) is 0 Å². The molecule has 0 saturated carbocycles. The number of benzene rings is 4. The van der Waals surface area contributed by atoms with Gasteiger partial charge in [-0.1, -0.05) is 78.9 Å². The molecule has 0 amide bonds. The minimum Gasteiger partial charge on any atom is -0.507 e. The van der Waals surface area contributed by atoms with Gasteiger partial charge in [0.1, 0.15) is 11.5 Å². The van der Waals surface area contributed by atoms with Gasteiger partial charge in [0.15, 0.2) is 5.78 Å². The van der Waals surface area contributed by atoms with E-state index in [-0.39, 0.29) is 22.8 Å². The van der Waals surface area contributed by atoms with Crippen LogP contribution < -0.4 is 0 Å². The SMILES string of the molecule is O=C(c1ccccc1O)c1cc(-c2ccccc2)c(O)c(-c2ccccc2)c1-c1cccs1. The van der Waals surface area contributed by atoms with Crippen molar-refractivity contribution in [3.63, 3.8) is 0 Å². The second kappa shape index (κ2) is 8.77. The van der Waals surface area contributed by atoms with Gasteiger partial charge < -0.3 is 10.2 Å². The number of para-hydroxylation sites is 1. The number of rotatable bonds is 5. The van der Waals surface area contributed by atoms with Crippen molar-refractivity contribution < 1.29 is 15.0 Å². The van der Waals surface area contributed by atoms with Gasteiger partial charge in [0, 0.05) is 27.1 Å². The van der Waals surface area contributed by atoms with Crippen molar-refractivity contribution in [2.45, 2.75) is 0 Å². The summed E-state index contributed by atoms with van der Waals surface area (Å²) >= 11 is 1.50. The molecule has 0 spiro atoms. The first-order chi connectivity index (χ1) is 16.1. The fraction of sp³-hybridized carbons (Fsp3) is 0. The van der Waals surface area contributed by atoms with Gasteiger partial charge >= 0.3 is 0 Å². The molecule has 4 aromatic carbocycles. The Balaban J connectivity index is 1.90. The fourth-order valence-electron chi connectivity index (χ4n) is 4.06. The molecule has 33 heavy (non-hydrogen) atoms. The molecule has 5 aromatic rings. The van der Waals surface area contributed by atoms with Gasteiger partial charge in [0.25, 0.3) is 0 Å². The van der Waals surface area contributed by atoms with Crippen molar-refractivity contribution in [3.05, 3.63) is 120 Å². The lowest BCUT2D eigenvalue weighted by Crippen LogP contribution is -2.06. The summed E-state index contributed by atoms with van der Waals surface area (Å²) in [5, 5.41) is 23.9. The second-order valence-electron chi connectivity index (χ2n) is 7.63. The first kappa shape index (κ1) is 20.7. The minimum absolute atomic E-state index is 0.0739. The van der Waals surface area contributed by atoms with Crippen LogP contribution in [-0.2, 0) is 0 Å². The van der Waals surface area contributed by atoms with E-state index in [1.54, 1.807) is 24.3 Å². The Morgan fingerprint density at radius 1 is 0.636 bits per heavy atom. The third-order valence-corrected chi connectivity index (χ3v) is 6.50. The van der Waals surface area contributed by atoms with Gasteiger partial charge in [0.2, 0.25) is 0 Å². The van der Waals surface area contributed by atoms with E-state index in [1.807, 2.05) is 78.2 Å². The highest BCUT2D eigenvalue weighted by molar-refractivity contribution is 7.13. The van der Waals surface area contributed by atoms with Crippen LogP contribution in [-0.4, -0.2) is 16.0 Å². The van der Waals surface area contributed by atoms with Crippen LogP contribution >= 0.6 is 11.3 Å². The van der Waals surface area contributed by atoms with Gasteiger partial charge in [-0.2, -0.15) is 0 Å². The number of hydrogen-bond acceptors (Lipinski definition) is 4. The van der Waals surface area contributed by atoms with Crippen LogP contribution in [0.15, 0.2) is 109 Å². The molecule has 160 valence electrons. The monoisotopic (exact) mass is 448 g/mol. The maximum atomic E-state index is 13.8. The van der Waals surface area contributed by atoms with E-state index in [0.29, 0.717) is 22.3 Å². The maximum Gasteiger partial charge on any atom is 0.197 e. The first-order valence-corrected chi connectivity index (χ1v) is 11.4. The van der Waals surface area contributed by atoms with E-state index >= 15 is 0 Å². The molecule has 0 aliphatic carbocycles. The zero-order valence-corrected chi connectivity index (χ0v) is 18.4. The summed E-state index contributed by atoms with van der Waals surface area (Å²) in [5.41, 5.74) is 4.07. The molecule has 5 rings (SSSR count). The van der Waals surface area contributed by atoms with E-state index < -0.39 is 0 Å². The Kier molecular flexibility index (Phi) is 5.51. The van der Waals surface area contributed by atoms with Crippen molar-refractivity contribution in [2.24, 2.45) is 0 Å². The van der Waals surface area contributed by atoms with E-state index in [2.05, 4.69) is 0 Å². The summed E-state index contributed by atoms with van der Waals surface area (Å²) in [4.78, 5) is 14.7. The van der Waals surface area contributed by atoms with Crippen LogP contribution in [0.2, 0.25) is 0 Å². The van der Waals surface area contributed by atoms with Crippen LogP contribution in [0.25, 0.3) is 32.7 Å². The van der Waals surface area contributed by atoms with E-state index in [4.69, 9.17) is 0 Å². The lowest BCUT2D eigenvalue weighted by Gasteiger charge is -2.19. The third kappa shape index (κ3) is 3.81. The van der Waals surface area contributed by atoms with E-state index in [0.717, 1.165) is 16.0 Å². The largest absolute Gasteiger partial charge is 0.507 e. The highest BCUT2D eigenvalue weighted by Gasteiger charge is 2.26. The number of aromatic hydroxyl groups is 2. The highest BCUT2D eigenvalue weighted by atomic mass is 32.1. The number of phenols is 2. The predicted molar refractivity (Wildman–Crippen MR) is 134 cm³/mol. The zero-order valence-electron chi connectivity index (χ0n) is 17.6. The molecule has 0 saturated heterocycles. The van der Waals surface area contributed by atoms with Crippen molar-refractivity contribution in [1.29, 1.82) is 0 Å². The number of thiophene rings is 1. The van der Waals surface area contributed by atoms with Crippen LogP contribution in [0.5, 0.6) is 11.5 Å². The molecule has 0 bridgehead atoms. The molecule has 2 N–H and O–H groups in total. The van der Waals surface area contributed by atoms with E-state index in [1.165, 1.54) is 17.4 Å². The molecule has 0 aliphatic rings. The average Bonchev–Trinajstić information content (AvgIpc) is 3.39. The predicted octanol–water partition coefficient (Wildman–Crippen LogP) is 7.39. The van der Waals surface area contributed by atoms with Crippen molar-refractivity contribution in [1.82, 2.24) is 0 Å². The van der Waals surface area contributed by atoms with Crippen LogP contribution in [0, 0.1) is 0 Å². The molecule has 0 unspecified atom stereocenters. The first-order valence-electron chi connectivity index (χ1n) is 10.5. The Labute approximate surface area is 195 Å². The zero-order chi connectivity index (χ0) is 22.8. The lowest BCUT2D eigenvalue weighted by molar-refractivity contribution is 0.103. The molecule has 0 radical (unpaired) electrons. The summed E-state index contributed by atoms with van der Waals surface area (Å²) in [6.45, 7) is 0. The molecule has 3 nitrogen and oxygen atoms in total. The number of ketones is 1. The highest BCUT2D eigenvalue weighted by Crippen LogP contribution is 2.48. The summed E-state index contributed by atoms with van der Waals surface area (Å²) < 4.78 is 0. The molecule has 1 heterocycles. The molecule has 4 heteroatoms. The Bertz CT molecular complexity index is 1420. The Morgan fingerprint density at radius 3 is 1.91 bits per heavy atom. The summed E-state index contributed by atoms with van der Waals surface area (Å²) in [7, 11) is 0. The van der Waals surface area contributed by atoms with Gasteiger partial charge in [0.05, 0.1) is 5.56 Å². The smallest absolute Gasteiger partial charge is 0.197 e. The van der Waals surface area contributed by atoms with Crippen LogP contribution in [0.4, 0.5) is 0 Å². The fourth-order valence-corrected chi connectivity index (χ4v) is 4.85. The van der Waals surface area contributed by atoms with Crippen molar-refractivity contribution in [3.8, 4) is 44.2 Å². The molecular weight excluding hydrogens is 428 g/mol. The molecule has 0 aliphatic heterocycles. The number of carbonyl (C=O) groups is 1. The number of carbonyl (C=O) groups excluding carboxylic acids is 1. The quantitative estimate of drug-likeness (QED) is 0.276. The van der Waals surface area contributed by atoms with Crippen LogP contribution in [0.1, 0.15) is 15.9 Å². The third-order valence-electron chi connectivity index (χ3n) is 5.61. The average molecular weight is 449 g/mol. The molecule has 1 aromatic heterocycles. The molecule has 0 fully saturated rings. The van der Waals surface area contributed by atoms with Gasteiger partial charge in [-0.15, -0.1) is 11.3 Å². The standard InChI is InChI=1S/C29H20O3S/c30-24-15-8-7-14-21(24)28(31)23-18-22(19-10-3-1-4-11-19)29(32)26(20-12-5-2-6-13-20)27(23)25-16-9-17-33-25/h1-18,30,32H. The topological polar surface area (TPSA) is 57.5 Å². The van der Waals surface area contributed by atoms with Crippen molar-refractivity contribution >= 4 is 17.1 Å². The number of hydrogen-bond donors (Lipinski definition) is 2. The molecular formula is C29H20O3S. The Morgan fingerprint density at radius 2 is 1.27 bits per heavy atom. The van der Waals surface area contributed by atoms with Crippen molar-refractivity contribution in [2.75, 3.05) is 0 Å². The molecule has 0 atom stereocenters. The van der Waals surface area contributed by atoms with E-state index in [9.17, 15) is 15.0 Å². The summed E-state index contributed by atoms with van der Waals surface area (Å²) in [6, 6.07) is 31.2. The van der Waals surface area contributed by atoms with Gasteiger partial charge in [-0.05, 0) is 40.8 Å². The van der Waals surface area contributed by atoms with Gasteiger partial charge in [-0.3, -0.25) is 4.79 Å². The Hall–Kier alpha value is -4.15. The normalized spacial score (nSPS) is 10.8. The summed E-state index contributed by atoms with van der Waals surface area (Å²) in [5.74, 6) is -0.259. The maximum absolute atomic E-state index is 13.8. The minimum atomic E-state index is -0.300. The van der Waals surface area contributed by atoms with Gasteiger partial charge in [-0.25, -0.2) is 0 Å². The lowest BCUT2D eigenvalue weighted by atomic mass is 9.85. The second-order valence-corrected chi connectivity index (χ2v) is 8.57.